The lowest BCUT2D eigenvalue weighted by Crippen LogP contribution is -2.37. The molecule has 0 spiro atoms. The van der Waals surface area contributed by atoms with E-state index in [0.29, 0.717) is 45.3 Å². The van der Waals surface area contributed by atoms with E-state index in [1.807, 2.05) is 48.5 Å². The maximum Gasteiger partial charge on any atom is 0.169 e. The molecule has 0 aliphatic carbocycles. The van der Waals surface area contributed by atoms with Crippen LogP contribution in [0.1, 0.15) is 0 Å². The number of fused-ring (bicyclic) bond motifs is 11. The fourth-order valence-corrected chi connectivity index (χ4v) is 10.8. The average Bonchev–Trinajstić information content (AvgIpc) is 3.11. The monoisotopic (exact) mass is 734 g/mol. The van der Waals surface area contributed by atoms with Crippen molar-refractivity contribution in [1.82, 2.24) is 0 Å². The molecule has 7 aromatic rings. The van der Waals surface area contributed by atoms with Crippen molar-refractivity contribution < 1.29 is 38.6 Å². The van der Waals surface area contributed by atoms with E-state index in [0.717, 1.165) is 64.2 Å². The molecule has 52 heavy (non-hydrogen) atoms. The van der Waals surface area contributed by atoms with Gasteiger partial charge in [0.25, 0.3) is 0 Å². The molecule has 0 unspecified atom stereocenters. The van der Waals surface area contributed by atoms with Crippen LogP contribution in [0.25, 0.3) is 64.6 Å². The van der Waals surface area contributed by atoms with Gasteiger partial charge in [0.05, 0.1) is 58.8 Å². The highest BCUT2D eigenvalue weighted by molar-refractivity contribution is 6.90. The predicted octanol–water partition coefficient (Wildman–Crippen LogP) is 9.16. The summed E-state index contributed by atoms with van der Waals surface area (Å²) in [6.45, 7) is 13.2. The van der Waals surface area contributed by atoms with E-state index in [2.05, 4.69) is 39.3 Å². The molecule has 0 atom stereocenters. The van der Waals surface area contributed by atoms with E-state index >= 15 is 0 Å². The second kappa shape index (κ2) is 12.3. The van der Waals surface area contributed by atoms with Crippen LogP contribution in [0.4, 0.5) is 0 Å². The van der Waals surface area contributed by atoms with Crippen LogP contribution in [-0.4, -0.2) is 69.0 Å². The third-order valence-corrected chi connectivity index (χ3v) is 14.4. The van der Waals surface area contributed by atoms with Gasteiger partial charge in [0, 0.05) is 64.6 Å². The van der Waals surface area contributed by atoms with Crippen LogP contribution in [-0.2, 0) is 0 Å². The van der Waals surface area contributed by atoms with Gasteiger partial charge in [0.1, 0.15) is 34.5 Å². The van der Waals surface area contributed by atoms with Gasteiger partial charge in [-0.2, -0.15) is 0 Å². The van der Waals surface area contributed by atoms with Crippen molar-refractivity contribution in [2.75, 3.05) is 42.7 Å². The molecule has 2 N–H and O–H groups in total. The third kappa shape index (κ3) is 4.91. The zero-order valence-electron chi connectivity index (χ0n) is 32.0. The average molecular weight is 735 g/mol. The normalized spacial score (nSPS) is 12.4. The van der Waals surface area contributed by atoms with Crippen molar-refractivity contribution in [2.45, 2.75) is 39.3 Å². The highest BCUT2D eigenvalue weighted by Crippen LogP contribution is 2.54. The number of phenols is 2. The zero-order valence-corrected chi connectivity index (χ0v) is 34.0. The van der Waals surface area contributed by atoms with Crippen molar-refractivity contribution in [3.05, 3.63) is 48.5 Å². The first kappa shape index (κ1) is 35.3. The lowest BCUT2D eigenvalue weighted by molar-refractivity contribution is 0.362. The molecule has 0 radical (unpaired) electrons. The lowest BCUT2D eigenvalue weighted by atomic mass is 9.87. The van der Waals surface area contributed by atoms with Crippen molar-refractivity contribution >= 4 is 91.2 Å². The number of hydrogen-bond donors (Lipinski definition) is 2. The van der Waals surface area contributed by atoms with Gasteiger partial charge in [-0.1, -0.05) is 39.3 Å². The van der Waals surface area contributed by atoms with Gasteiger partial charge in [-0.25, -0.2) is 0 Å². The molecular weight excluding hydrogens is 689 g/mol. The van der Waals surface area contributed by atoms with E-state index in [4.69, 9.17) is 28.4 Å². The fraction of sp³-hybridized carbons (Fsp3) is 0.286. The Kier molecular flexibility index (Phi) is 8.34. The van der Waals surface area contributed by atoms with Crippen LogP contribution in [0.5, 0.6) is 46.0 Å². The summed E-state index contributed by atoms with van der Waals surface area (Å²) in [7, 11) is 5.67. The van der Waals surface area contributed by atoms with Gasteiger partial charge in [-0.15, -0.1) is 0 Å². The first-order chi connectivity index (χ1) is 24.7. The quantitative estimate of drug-likeness (QED) is 0.118. The Balaban J connectivity index is 1.98. The van der Waals surface area contributed by atoms with Crippen LogP contribution in [0.3, 0.4) is 0 Å². The second-order valence-corrected chi connectivity index (χ2v) is 25.4. The van der Waals surface area contributed by atoms with Crippen LogP contribution in [0, 0.1) is 0 Å². The number of benzene rings is 7. The largest absolute Gasteiger partial charge is 0.507 e. The number of methoxy groups -OCH3 is 6. The molecule has 10 heteroatoms. The molecule has 0 heterocycles. The third-order valence-electron chi connectivity index (χ3n) is 10.4. The van der Waals surface area contributed by atoms with E-state index in [9.17, 15) is 10.2 Å². The maximum absolute atomic E-state index is 12.4. The Labute approximate surface area is 305 Å². The summed E-state index contributed by atoms with van der Waals surface area (Å²) in [5.41, 5.74) is 0. The molecule has 7 rings (SSSR count). The van der Waals surface area contributed by atoms with E-state index in [-0.39, 0.29) is 11.5 Å². The molecule has 8 nitrogen and oxygen atoms in total. The molecule has 7 aromatic carbocycles. The van der Waals surface area contributed by atoms with Crippen molar-refractivity contribution in [2.24, 2.45) is 0 Å². The summed E-state index contributed by atoms with van der Waals surface area (Å²) < 4.78 is 36.6. The molecule has 0 fully saturated rings. The van der Waals surface area contributed by atoms with Crippen LogP contribution in [0.15, 0.2) is 48.5 Å². The molecule has 0 saturated heterocycles. The number of rotatable bonds is 8. The molecule has 270 valence electrons. The number of aromatic hydroxyl groups is 2. The second-order valence-electron chi connectivity index (χ2n) is 15.3. The predicted molar refractivity (Wildman–Crippen MR) is 220 cm³/mol. The molecule has 0 aliphatic rings. The zero-order chi connectivity index (χ0) is 37.6. The van der Waals surface area contributed by atoms with Gasteiger partial charge < -0.3 is 38.6 Å². The van der Waals surface area contributed by atoms with Crippen molar-refractivity contribution in [3.63, 3.8) is 0 Å². The smallest absolute Gasteiger partial charge is 0.169 e. The Bertz CT molecular complexity index is 2450. The minimum atomic E-state index is -2.11. The lowest BCUT2D eigenvalue weighted by Gasteiger charge is -2.25. The Morgan fingerprint density at radius 2 is 0.654 bits per heavy atom. The van der Waals surface area contributed by atoms with Crippen LogP contribution < -0.4 is 38.8 Å². The standard InChI is InChI=1S/C42H46O8Si2/c1-45-27-17-25-29(47-3)19-31(51(7,8)9)39(43)37(25)33-21(27)13-15-23-35(33)36-24(42(50-6)41(23)49-5)16-14-22-28(46-2)18-26-30(48-4)20-32(52(10,11)12)40(44)38(26)34(22)36/h13-20,43-44H,1-12H3. The van der Waals surface area contributed by atoms with Gasteiger partial charge >= 0.3 is 0 Å². The Morgan fingerprint density at radius 1 is 0.365 bits per heavy atom. The molecule has 0 saturated carbocycles. The summed E-state index contributed by atoms with van der Waals surface area (Å²) in [5.74, 6) is 4.06. The first-order valence-electron chi connectivity index (χ1n) is 17.3. The number of phenolic OH excluding ortho intramolecular Hbond substituents is 2. The topological polar surface area (TPSA) is 95.8 Å². The van der Waals surface area contributed by atoms with Gasteiger partial charge in [-0.05, 0) is 58.9 Å². The number of hydrogen-bond acceptors (Lipinski definition) is 8. The van der Waals surface area contributed by atoms with Gasteiger partial charge in [0.2, 0.25) is 0 Å². The first-order valence-corrected chi connectivity index (χ1v) is 24.3. The molecule has 0 aliphatic heterocycles. The molecule has 0 amide bonds. The summed E-state index contributed by atoms with van der Waals surface area (Å²) in [5, 5.41) is 35.7. The molecule has 0 bridgehead atoms. The number of ether oxygens (including phenoxy) is 6. The fourth-order valence-electron chi connectivity index (χ4n) is 8.04. The van der Waals surface area contributed by atoms with Gasteiger partial charge in [0.15, 0.2) is 11.5 Å². The van der Waals surface area contributed by atoms with E-state index in [1.165, 1.54) is 0 Å². The van der Waals surface area contributed by atoms with Crippen LogP contribution >= 0.6 is 0 Å². The Hall–Kier alpha value is -5.07. The van der Waals surface area contributed by atoms with Crippen molar-refractivity contribution in [3.8, 4) is 46.0 Å². The van der Waals surface area contributed by atoms with E-state index in [1.54, 1.807) is 42.7 Å². The van der Waals surface area contributed by atoms with Crippen molar-refractivity contribution in [1.29, 1.82) is 0 Å². The minimum absolute atomic E-state index is 0.214. The van der Waals surface area contributed by atoms with Crippen LogP contribution in [0.2, 0.25) is 39.3 Å². The molecule has 0 aromatic heterocycles. The highest BCUT2D eigenvalue weighted by Gasteiger charge is 2.31. The SMILES string of the molecule is COc1cc([Si](C)(C)C)c(O)c2c1cc(OC)c1ccc3c(OC)c(OC)c4ccc5c(OC)cc6c(OC)cc([Si](C)(C)C)c(O)c6c5c4c3c12. The van der Waals surface area contributed by atoms with Gasteiger partial charge in [-0.3, -0.25) is 0 Å². The van der Waals surface area contributed by atoms with E-state index < -0.39 is 16.1 Å². The highest BCUT2D eigenvalue weighted by atomic mass is 28.3. The summed E-state index contributed by atoms with van der Waals surface area (Å²) in [6, 6.07) is 15.8. The Morgan fingerprint density at radius 3 is 0.942 bits per heavy atom. The molecular formula is C42H46O8Si2. The minimum Gasteiger partial charge on any atom is -0.507 e. The maximum atomic E-state index is 12.4. The summed E-state index contributed by atoms with van der Waals surface area (Å²) >= 11 is 0. The summed E-state index contributed by atoms with van der Waals surface area (Å²) in [6.07, 6.45) is 0. The summed E-state index contributed by atoms with van der Waals surface area (Å²) in [4.78, 5) is 0.